The van der Waals surface area contributed by atoms with Crippen LogP contribution in [0.3, 0.4) is 0 Å². The van der Waals surface area contributed by atoms with Gasteiger partial charge in [0.05, 0.1) is 24.3 Å². The van der Waals surface area contributed by atoms with Gasteiger partial charge in [0.1, 0.15) is 5.75 Å². The molecule has 1 aromatic carbocycles. The first-order chi connectivity index (χ1) is 12.9. The minimum atomic E-state index is -0.405. The van der Waals surface area contributed by atoms with Gasteiger partial charge in [-0.25, -0.2) is 0 Å². The third kappa shape index (κ3) is 4.12. The molecule has 1 N–H and O–H groups in total. The molecule has 0 spiro atoms. The van der Waals surface area contributed by atoms with Crippen LogP contribution in [0.2, 0.25) is 5.02 Å². The van der Waals surface area contributed by atoms with E-state index in [4.69, 9.17) is 20.8 Å². The number of carbonyl (C=O) groups is 1. The molecule has 0 aliphatic carbocycles. The summed E-state index contributed by atoms with van der Waals surface area (Å²) >= 11 is 7.42. The average molecular weight is 407 g/mol. The van der Waals surface area contributed by atoms with Gasteiger partial charge >= 0.3 is 0 Å². The van der Waals surface area contributed by atoms with Crippen LogP contribution in [0, 0.1) is 6.92 Å². The number of halogens is 1. The molecule has 0 bridgehead atoms. The van der Waals surface area contributed by atoms with Gasteiger partial charge in [0, 0.05) is 18.1 Å². The number of furan rings is 1. The first-order valence-electron chi connectivity index (χ1n) is 8.15. The number of aryl methyl sites for hydroxylation is 1. The van der Waals surface area contributed by atoms with Gasteiger partial charge in [-0.3, -0.25) is 4.79 Å². The molecule has 0 saturated carbocycles. The van der Waals surface area contributed by atoms with Gasteiger partial charge in [-0.15, -0.1) is 10.2 Å². The Hall–Kier alpha value is -2.45. The average Bonchev–Trinajstić information content (AvgIpc) is 3.28. The predicted octanol–water partition coefficient (Wildman–Crippen LogP) is 4.16. The predicted molar refractivity (Wildman–Crippen MR) is 105 cm³/mol. The fourth-order valence-electron chi connectivity index (χ4n) is 2.41. The SMILES string of the molecule is COc1cc(Cl)c(C)cc1NC(=O)C(C)Sc1nnc(-c2ccco2)n1C. The van der Waals surface area contributed by atoms with E-state index in [2.05, 4.69) is 15.5 Å². The van der Waals surface area contributed by atoms with Crippen LogP contribution in [-0.2, 0) is 11.8 Å². The molecule has 2 aromatic heterocycles. The second kappa shape index (κ2) is 8.06. The second-order valence-electron chi connectivity index (χ2n) is 5.89. The van der Waals surface area contributed by atoms with Crippen molar-refractivity contribution in [3.63, 3.8) is 0 Å². The number of hydrogen-bond donors (Lipinski definition) is 1. The Morgan fingerprint density at radius 2 is 2.19 bits per heavy atom. The molecule has 7 nitrogen and oxygen atoms in total. The molecule has 0 aliphatic rings. The van der Waals surface area contributed by atoms with Crippen molar-refractivity contribution < 1.29 is 13.9 Å². The normalized spacial score (nSPS) is 12.0. The molecule has 1 unspecified atom stereocenters. The van der Waals surface area contributed by atoms with Gasteiger partial charge in [-0.2, -0.15) is 0 Å². The van der Waals surface area contributed by atoms with Crippen LogP contribution in [0.5, 0.6) is 5.75 Å². The van der Waals surface area contributed by atoms with Gasteiger partial charge in [0.25, 0.3) is 0 Å². The van der Waals surface area contributed by atoms with Crippen molar-refractivity contribution in [3.05, 3.63) is 41.1 Å². The zero-order chi connectivity index (χ0) is 19.6. The fourth-order valence-corrected chi connectivity index (χ4v) is 3.38. The Morgan fingerprint density at radius 3 is 2.85 bits per heavy atom. The van der Waals surface area contributed by atoms with Crippen molar-refractivity contribution in [2.24, 2.45) is 7.05 Å². The summed E-state index contributed by atoms with van der Waals surface area (Å²) in [6.45, 7) is 3.67. The molecule has 0 aliphatic heterocycles. The van der Waals surface area contributed by atoms with Crippen LogP contribution >= 0.6 is 23.4 Å². The number of nitrogens with zero attached hydrogens (tertiary/aromatic N) is 3. The molecule has 1 atom stereocenters. The van der Waals surface area contributed by atoms with Crippen molar-refractivity contribution in [2.45, 2.75) is 24.3 Å². The van der Waals surface area contributed by atoms with Gasteiger partial charge in [-0.1, -0.05) is 23.4 Å². The second-order valence-corrected chi connectivity index (χ2v) is 7.61. The lowest BCUT2D eigenvalue weighted by Crippen LogP contribution is -2.23. The summed E-state index contributed by atoms with van der Waals surface area (Å²) in [6, 6.07) is 7.06. The van der Waals surface area contributed by atoms with Gasteiger partial charge in [0.15, 0.2) is 16.7 Å². The Morgan fingerprint density at radius 1 is 1.41 bits per heavy atom. The van der Waals surface area contributed by atoms with E-state index in [1.165, 1.54) is 18.9 Å². The molecule has 0 saturated heterocycles. The van der Waals surface area contributed by atoms with Crippen molar-refractivity contribution in [1.29, 1.82) is 0 Å². The zero-order valence-corrected chi connectivity index (χ0v) is 16.9. The number of ether oxygens (including phenoxy) is 1. The summed E-state index contributed by atoms with van der Waals surface area (Å²) in [5.41, 5.74) is 1.43. The van der Waals surface area contributed by atoms with E-state index in [-0.39, 0.29) is 5.91 Å². The summed E-state index contributed by atoms with van der Waals surface area (Å²) in [5, 5.41) is 12.0. The maximum Gasteiger partial charge on any atom is 0.237 e. The number of aromatic nitrogens is 3. The number of anilines is 1. The molecule has 2 heterocycles. The number of carbonyl (C=O) groups excluding carboxylic acids is 1. The quantitative estimate of drug-likeness (QED) is 0.619. The smallest absolute Gasteiger partial charge is 0.237 e. The Bertz CT molecular complexity index is 956. The van der Waals surface area contributed by atoms with Gasteiger partial charge < -0.3 is 19.0 Å². The number of thioether (sulfide) groups is 1. The topological polar surface area (TPSA) is 82.2 Å². The molecule has 0 radical (unpaired) electrons. The summed E-state index contributed by atoms with van der Waals surface area (Å²) in [6.07, 6.45) is 1.58. The lowest BCUT2D eigenvalue weighted by molar-refractivity contribution is -0.115. The lowest BCUT2D eigenvalue weighted by atomic mass is 10.2. The fraction of sp³-hybridized carbons (Fsp3) is 0.278. The van der Waals surface area contributed by atoms with Crippen molar-refractivity contribution in [2.75, 3.05) is 12.4 Å². The Kier molecular flexibility index (Phi) is 5.76. The number of benzene rings is 1. The highest BCUT2D eigenvalue weighted by atomic mass is 35.5. The number of methoxy groups -OCH3 is 1. The van der Waals surface area contributed by atoms with E-state index in [9.17, 15) is 4.79 Å². The van der Waals surface area contributed by atoms with Crippen LogP contribution in [0.25, 0.3) is 11.6 Å². The molecule has 142 valence electrons. The number of rotatable bonds is 6. The van der Waals surface area contributed by atoms with Crippen LogP contribution in [0.4, 0.5) is 5.69 Å². The van der Waals surface area contributed by atoms with E-state index in [1.807, 2.05) is 20.0 Å². The molecule has 1 amide bonds. The first kappa shape index (κ1) is 19.3. The summed E-state index contributed by atoms with van der Waals surface area (Å²) in [7, 11) is 3.36. The lowest BCUT2D eigenvalue weighted by Gasteiger charge is -2.15. The van der Waals surface area contributed by atoms with E-state index in [0.717, 1.165) is 5.56 Å². The zero-order valence-electron chi connectivity index (χ0n) is 15.3. The maximum absolute atomic E-state index is 12.6. The molecule has 0 fully saturated rings. The minimum Gasteiger partial charge on any atom is -0.495 e. The van der Waals surface area contributed by atoms with E-state index in [0.29, 0.717) is 33.2 Å². The third-order valence-corrected chi connectivity index (χ3v) is 5.51. The van der Waals surface area contributed by atoms with E-state index >= 15 is 0 Å². The number of nitrogens with one attached hydrogen (secondary N) is 1. The van der Waals surface area contributed by atoms with Crippen molar-refractivity contribution in [3.8, 4) is 17.3 Å². The monoisotopic (exact) mass is 406 g/mol. The third-order valence-electron chi connectivity index (χ3n) is 3.97. The number of amides is 1. The standard InChI is InChI=1S/C18H19ClN4O3S/c1-10-8-13(15(25-4)9-12(10)19)20-17(24)11(2)27-18-22-21-16(23(18)3)14-6-5-7-26-14/h5-9,11H,1-4H3,(H,20,24). The van der Waals surface area contributed by atoms with E-state index < -0.39 is 5.25 Å². The van der Waals surface area contributed by atoms with Crippen molar-refractivity contribution in [1.82, 2.24) is 14.8 Å². The first-order valence-corrected chi connectivity index (χ1v) is 9.41. The van der Waals surface area contributed by atoms with Gasteiger partial charge in [0.2, 0.25) is 5.91 Å². The van der Waals surface area contributed by atoms with Gasteiger partial charge in [-0.05, 0) is 37.6 Å². The molecular weight excluding hydrogens is 388 g/mol. The Labute approximate surface area is 166 Å². The molecule has 27 heavy (non-hydrogen) atoms. The minimum absolute atomic E-state index is 0.178. The van der Waals surface area contributed by atoms with Crippen LogP contribution in [0.15, 0.2) is 40.1 Å². The van der Waals surface area contributed by atoms with Crippen LogP contribution in [-0.4, -0.2) is 33.0 Å². The summed E-state index contributed by atoms with van der Waals surface area (Å²) in [4.78, 5) is 12.6. The summed E-state index contributed by atoms with van der Waals surface area (Å²) < 4.78 is 12.4. The van der Waals surface area contributed by atoms with Crippen molar-refractivity contribution >= 4 is 35.0 Å². The molecule has 3 aromatic rings. The highest BCUT2D eigenvalue weighted by Gasteiger charge is 2.21. The largest absolute Gasteiger partial charge is 0.495 e. The van der Waals surface area contributed by atoms with E-state index in [1.54, 1.807) is 36.0 Å². The highest BCUT2D eigenvalue weighted by Crippen LogP contribution is 2.32. The van der Waals surface area contributed by atoms with Crippen LogP contribution in [0.1, 0.15) is 12.5 Å². The maximum atomic E-state index is 12.6. The molecule has 9 heteroatoms. The molecular formula is C18H19ClN4O3S. The number of hydrogen-bond acceptors (Lipinski definition) is 6. The highest BCUT2D eigenvalue weighted by molar-refractivity contribution is 8.00. The Balaban J connectivity index is 1.73. The molecule has 3 rings (SSSR count). The summed E-state index contributed by atoms with van der Waals surface area (Å²) in [5.74, 6) is 1.55. The van der Waals surface area contributed by atoms with Crippen LogP contribution < -0.4 is 10.1 Å².